The van der Waals surface area contributed by atoms with Crippen LogP contribution in [-0.4, -0.2) is 44.8 Å². The number of aromatic nitrogens is 4. The average Bonchev–Trinajstić information content (AvgIpc) is 3.07. The number of hydrogen-bond donors (Lipinski definition) is 0. The van der Waals surface area contributed by atoms with E-state index in [9.17, 15) is 4.39 Å². The molecule has 1 unspecified atom stereocenters. The zero-order chi connectivity index (χ0) is 21.3. The topological polar surface area (TPSA) is 50.1 Å². The van der Waals surface area contributed by atoms with Gasteiger partial charge < -0.3 is 4.90 Å². The third kappa shape index (κ3) is 2.97. The molecule has 0 amide bonds. The minimum atomic E-state index is -0.295. The second-order valence-electron chi connectivity index (χ2n) is 9.41. The van der Waals surface area contributed by atoms with Crippen molar-refractivity contribution in [2.75, 3.05) is 25.0 Å². The number of pyridine rings is 1. The number of benzene rings is 1. The van der Waals surface area contributed by atoms with Gasteiger partial charge in [0.1, 0.15) is 17.5 Å². The fourth-order valence-corrected chi connectivity index (χ4v) is 5.69. The Morgan fingerprint density at radius 2 is 1.87 bits per heavy atom. The molecular formula is C23H24ClFN6. The lowest BCUT2D eigenvalue weighted by Crippen LogP contribution is -2.62. The smallest absolute Gasteiger partial charge is 0.154 e. The first kappa shape index (κ1) is 19.2. The van der Waals surface area contributed by atoms with Crippen LogP contribution < -0.4 is 4.90 Å². The van der Waals surface area contributed by atoms with Crippen molar-refractivity contribution in [1.82, 2.24) is 24.6 Å². The molecule has 3 aliphatic rings. The minimum absolute atomic E-state index is 0.171. The second kappa shape index (κ2) is 6.74. The monoisotopic (exact) mass is 438 g/mol. The van der Waals surface area contributed by atoms with Crippen molar-refractivity contribution < 1.29 is 4.39 Å². The molecule has 2 aliphatic heterocycles. The number of anilines is 1. The van der Waals surface area contributed by atoms with E-state index in [0.29, 0.717) is 11.3 Å². The van der Waals surface area contributed by atoms with E-state index >= 15 is 0 Å². The Bertz CT molecular complexity index is 1150. The van der Waals surface area contributed by atoms with Crippen LogP contribution in [0.5, 0.6) is 0 Å². The van der Waals surface area contributed by atoms with Crippen molar-refractivity contribution in [3.05, 3.63) is 64.6 Å². The summed E-state index contributed by atoms with van der Waals surface area (Å²) >= 11 is 6.30. The van der Waals surface area contributed by atoms with Gasteiger partial charge in [-0.25, -0.2) is 9.37 Å². The van der Waals surface area contributed by atoms with Gasteiger partial charge in [0.2, 0.25) is 0 Å². The van der Waals surface area contributed by atoms with Crippen molar-refractivity contribution in [3.63, 3.8) is 0 Å². The van der Waals surface area contributed by atoms with Crippen LogP contribution >= 0.6 is 11.6 Å². The number of hydrogen-bond acceptors (Lipinski definition) is 5. The summed E-state index contributed by atoms with van der Waals surface area (Å²) in [5, 5.41) is 10.0. The highest BCUT2D eigenvalue weighted by molar-refractivity contribution is 6.30. The zero-order valence-electron chi connectivity index (χ0n) is 17.6. The van der Waals surface area contributed by atoms with Crippen LogP contribution in [0, 0.1) is 11.2 Å². The summed E-state index contributed by atoms with van der Waals surface area (Å²) in [6, 6.07) is 9.51. The second-order valence-corrected chi connectivity index (χ2v) is 9.85. The van der Waals surface area contributed by atoms with Gasteiger partial charge in [0.15, 0.2) is 5.82 Å². The molecule has 6 rings (SSSR count). The zero-order valence-corrected chi connectivity index (χ0v) is 18.3. The first-order chi connectivity index (χ1) is 14.9. The molecule has 1 saturated carbocycles. The van der Waals surface area contributed by atoms with Crippen molar-refractivity contribution in [2.24, 2.45) is 5.41 Å². The van der Waals surface area contributed by atoms with Crippen LogP contribution in [0.15, 0.2) is 36.5 Å². The van der Waals surface area contributed by atoms with E-state index in [4.69, 9.17) is 11.6 Å². The highest BCUT2D eigenvalue weighted by atomic mass is 35.5. The number of fused-ring (bicyclic) bond motifs is 3. The van der Waals surface area contributed by atoms with Crippen molar-refractivity contribution >= 4 is 17.4 Å². The Morgan fingerprint density at radius 1 is 1.10 bits per heavy atom. The molecule has 0 N–H and O–H groups in total. The third-order valence-corrected chi connectivity index (χ3v) is 7.50. The van der Waals surface area contributed by atoms with Crippen LogP contribution in [0.4, 0.5) is 10.2 Å². The Hall–Kier alpha value is -2.51. The Labute approximate surface area is 185 Å². The molecule has 6 nitrogen and oxygen atoms in total. The molecule has 1 aromatic carbocycles. The SMILES string of the molecule is CC1c2nnc(C3CC4(C3)CN(c3ccc(F)cn3)C4)n2-c2ccc(Cl)cc2CN1C. The van der Waals surface area contributed by atoms with Gasteiger partial charge in [0.25, 0.3) is 0 Å². The van der Waals surface area contributed by atoms with Crippen molar-refractivity contribution in [1.29, 1.82) is 0 Å². The van der Waals surface area contributed by atoms with Crippen LogP contribution in [0.25, 0.3) is 5.69 Å². The van der Waals surface area contributed by atoms with Gasteiger partial charge in [-0.3, -0.25) is 9.47 Å². The molecule has 2 fully saturated rings. The highest BCUT2D eigenvalue weighted by Crippen LogP contribution is 2.56. The van der Waals surface area contributed by atoms with Gasteiger partial charge in [-0.1, -0.05) is 11.6 Å². The fraction of sp³-hybridized carbons (Fsp3) is 0.435. The first-order valence-electron chi connectivity index (χ1n) is 10.7. The fourth-order valence-electron chi connectivity index (χ4n) is 5.50. The van der Waals surface area contributed by atoms with Crippen LogP contribution in [0.3, 0.4) is 0 Å². The molecule has 3 aromatic rings. The summed E-state index contributed by atoms with van der Waals surface area (Å²) in [7, 11) is 2.12. The molecule has 31 heavy (non-hydrogen) atoms. The van der Waals surface area contributed by atoms with E-state index in [1.807, 2.05) is 6.07 Å². The highest BCUT2D eigenvalue weighted by Gasteiger charge is 2.54. The average molecular weight is 439 g/mol. The van der Waals surface area contributed by atoms with E-state index in [-0.39, 0.29) is 11.9 Å². The Kier molecular flexibility index (Phi) is 4.17. The Balaban J connectivity index is 1.26. The summed E-state index contributed by atoms with van der Waals surface area (Å²) in [5.74, 6) is 3.00. The van der Waals surface area contributed by atoms with Crippen molar-refractivity contribution in [2.45, 2.75) is 38.3 Å². The van der Waals surface area contributed by atoms with E-state index in [1.54, 1.807) is 6.07 Å². The summed E-state index contributed by atoms with van der Waals surface area (Å²) in [5.41, 5.74) is 2.65. The predicted octanol–water partition coefficient (Wildman–Crippen LogP) is 4.35. The minimum Gasteiger partial charge on any atom is -0.355 e. The normalized spacial score (nSPS) is 22.5. The number of nitrogens with zero attached hydrogens (tertiary/aromatic N) is 6. The molecule has 0 bridgehead atoms. The molecule has 8 heteroatoms. The van der Waals surface area contributed by atoms with Crippen LogP contribution in [-0.2, 0) is 6.54 Å². The number of rotatable bonds is 2. The summed E-state index contributed by atoms with van der Waals surface area (Å²) in [6.45, 7) is 4.94. The maximum Gasteiger partial charge on any atom is 0.154 e. The molecule has 1 saturated heterocycles. The summed E-state index contributed by atoms with van der Waals surface area (Å²) < 4.78 is 15.4. The van der Waals surface area contributed by atoms with Gasteiger partial charge >= 0.3 is 0 Å². The van der Waals surface area contributed by atoms with Gasteiger partial charge in [-0.15, -0.1) is 10.2 Å². The maximum absolute atomic E-state index is 13.1. The quantitative estimate of drug-likeness (QED) is 0.595. The standard InChI is InChI=1S/C23H24ClFN6/c1-14-21-27-28-22(31(21)19-5-3-17(24)7-15(19)11-29(14)2)16-8-23(9-16)12-30(13-23)20-6-4-18(25)10-26-20/h3-7,10,14,16H,8-9,11-13H2,1-2H3. The lowest BCUT2D eigenvalue weighted by Gasteiger charge is -2.59. The third-order valence-electron chi connectivity index (χ3n) is 7.26. The maximum atomic E-state index is 13.1. The molecule has 0 radical (unpaired) electrons. The first-order valence-corrected chi connectivity index (χ1v) is 11.1. The molecule has 1 aliphatic carbocycles. The summed E-state index contributed by atoms with van der Waals surface area (Å²) in [6.07, 6.45) is 3.48. The lowest BCUT2D eigenvalue weighted by atomic mass is 9.57. The molecular weight excluding hydrogens is 415 g/mol. The summed E-state index contributed by atoms with van der Waals surface area (Å²) in [4.78, 5) is 8.73. The van der Waals surface area contributed by atoms with Gasteiger partial charge in [0.05, 0.1) is 17.9 Å². The number of halogens is 2. The van der Waals surface area contributed by atoms with Crippen molar-refractivity contribution in [3.8, 4) is 5.69 Å². The predicted molar refractivity (Wildman–Crippen MR) is 117 cm³/mol. The molecule has 1 spiro atoms. The largest absolute Gasteiger partial charge is 0.355 e. The molecule has 160 valence electrons. The van der Waals surface area contributed by atoms with E-state index in [2.05, 4.69) is 55.7 Å². The molecule has 2 aromatic heterocycles. The van der Waals surface area contributed by atoms with E-state index in [0.717, 1.165) is 60.7 Å². The lowest BCUT2D eigenvalue weighted by molar-refractivity contribution is 0.0581. The van der Waals surface area contributed by atoms with Crippen LogP contribution in [0.2, 0.25) is 5.02 Å². The Morgan fingerprint density at radius 3 is 2.61 bits per heavy atom. The van der Waals surface area contributed by atoms with E-state index in [1.165, 1.54) is 17.8 Å². The van der Waals surface area contributed by atoms with E-state index < -0.39 is 0 Å². The van der Waals surface area contributed by atoms with Crippen LogP contribution in [0.1, 0.15) is 48.9 Å². The van der Waals surface area contributed by atoms with Gasteiger partial charge in [-0.2, -0.15) is 0 Å². The van der Waals surface area contributed by atoms with Gasteiger partial charge in [-0.05, 0) is 62.7 Å². The molecule has 1 atom stereocenters. The van der Waals surface area contributed by atoms with Gasteiger partial charge in [0, 0.05) is 36.0 Å². The molecule has 4 heterocycles.